The molecule has 12 nitrogen and oxygen atoms in total. The van der Waals surface area contributed by atoms with Crippen LogP contribution in [0.2, 0.25) is 5.02 Å². The number of carbonyl (C=O) groups is 3. The summed E-state index contributed by atoms with van der Waals surface area (Å²) in [4.78, 5) is 43.3. The molecule has 256 valence electrons. The van der Waals surface area contributed by atoms with E-state index >= 15 is 0 Å². The van der Waals surface area contributed by atoms with Crippen molar-refractivity contribution in [1.82, 2.24) is 10.2 Å². The molecule has 2 aliphatic rings. The van der Waals surface area contributed by atoms with Crippen molar-refractivity contribution in [3.05, 3.63) is 46.5 Å². The Morgan fingerprint density at radius 3 is 2.50 bits per heavy atom. The van der Waals surface area contributed by atoms with E-state index in [4.69, 9.17) is 35.3 Å². The Hall–Kier alpha value is -3.16. The number of likely N-dealkylation sites (N-methyl/N-ethyl adjacent to an activating group) is 1. The minimum absolute atomic E-state index is 0.0903. The first-order chi connectivity index (χ1) is 21.5. The van der Waals surface area contributed by atoms with Crippen molar-refractivity contribution in [2.24, 2.45) is 5.92 Å². The summed E-state index contributed by atoms with van der Waals surface area (Å²) in [6.07, 6.45) is 1.49. The molecule has 3 rings (SSSR count). The van der Waals surface area contributed by atoms with Crippen LogP contribution in [0.1, 0.15) is 46.1 Å². The predicted molar refractivity (Wildman–Crippen MR) is 174 cm³/mol. The average Bonchev–Trinajstić information content (AvgIpc) is 3.00. The Bertz CT molecular complexity index is 1350. The number of aliphatic hydroxyl groups is 1. The van der Waals surface area contributed by atoms with Gasteiger partial charge in [0, 0.05) is 33.6 Å². The fourth-order valence-corrected chi connectivity index (χ4v) is 6.01. The van der Waals surface area contributed by atoms with Crippen LogP contribution in [0.4, 0.5) is 10.5 Å². The molecule has 1 aromatic rings. The molecule has 0 radical (unpaired) electrons. The van der Waals surface area contributed by atoms with Crippen LogP contribution in [0, 0.1) is 5.92 Å². The zero-order valence-electron chi connectivity index (χ0n) is 28.4. The van der Waals surface area contributed by atoms with Gasteiger partial charge in [-0.15, -0.1) is 0 Å². The first-order valence-electron chi connectivity index (χ1n) is 15.1. The molecule has 1 fully saturated rings. The van der Waals surface area contributed by atoms with Crippen LogP contribution in [0.15, 0.2) is 35.9 Å². The molecular weight excluding hydrogens is 618 g/mol. The second-order valence-corrected chi connectivity index (χ2v) is 12.8. The van der Waals surface area contributed by atoms with Crippen LogP contribution in [-0.2, 0) is 35.0 Å². The molecule has 1 aromatic carbocycles. The van der Waals surface area contributed by atoms with Gasteiger partial charge in [-0.3, -0.25) is 19.8 Å². The lowest BCUT2D eigenvalue weighted by Gasteiger charge is -2.47. The lowest BCUT2D eigenvalue weighted by molar-refractivity contribution is -0.200. The number of esters is 1. The first kappa shape index (κ1) is 37.3. The minimum Gasteiger partial charge on any atom is -0.495 e. The number of anilines is 1. The monoisotopic (exact) mass is 665 g/mol. The Labute approximate surface area is 276 Å². The summed E-state index contributed by atoms with van der Waals surface area (Å²) in [6, 6.07) is 2.98. The number of halogens is 1. The molecule has 2 N–H and O–H groups in total. The van der Waals surface area contributed by atoms with Crippen molar-refractivity contribution < 1.29 is 43.2 Å². The number of fused-ring (bicyclic) bond motifs is 4. The molecule has 2 aliphatic heterocycles. The van der Waals surface area contributed by atoms with Crippen molar-refractivity contribution >= 4 is 35.3 Å². The Morgan fingerprint density at radius 1 is 1.24 bits per heavy atom. The second-order valence-electron chi connectivity index (χ2n) is 12.5. The quantitative estimate of drug-likeness (QED) is 0.431. The van der Waals surface area contributed by atoms with E-state index in [0.717, 1.165) is 11.1 Å². The number of hydrogen-bond acceptors (Lipinski definition) is 10. The van der Waals surface area contributed by atoms with E-state index in [9.17, 15) is 19.5 Å². The van der Waals surface area contributed by atoms with E-state index in [0.29, 0.717) is 17.9 Å². The maximum atomic E-state index is 14.0. The van der Waals surface area contributed by atoms with Gasteiger partial charge in [-0.25, -0.2) is 4.79 Å². The molecule has 4 bridgehead atoms. The normalized spacial score (nSPS) is 31.8. The van der Waals surface area contributed by atoms with E-state index in [1.165, 1.54) is 26.2 Å². The number of carbonyl (C=O) groups excluding carboxylic acids is 3. The number of alkyl carbamates (subject to hydrolysis) is 1. The van der Waals surface area contributed by atoms with Crippen LogP contribution in [0.3, 0.4) is 0 Å². The molecule has 46 heavy (non-hydrogen) atoms. The number of rotatable bonds is 6. The van der Waals surface area contributed by atoms with Crippen LogP contribution in [-0.4, -0.2) is 106 Å². The van der Waals surface area contributed by atoms with Crippen molar-refractivity contribution in [1.29, 1.82) is 0 Å². The van der Waals surface area contributed by atoms with Crippen molar-refractivity contribution in [2.75, 3.05) is 47.4 Å². The van der Waals surface area contributed by atoms with Gasteiger partial charge in [-0.1, -0.05) is 42.3 Å². The maximum absolute atomic E-state index is 14.0. The predicted octanol–water partition coefficient (Wildman–Crippen LogP) is 3.87. The molecular formula is C33H48ClN3O9. The van der Waals surface area contributed by atoms with Gasteiger partial charge in [0.2, 0.25) is 5.91 Å². The number of nitrogens with one attached hydrogen (secondary N) is 1. The molecule has 2 heterocycles. The van der Waals surface area contributed by atoms with E-state index in [1.54, 1.807) is 65.0 Å². The Kier molecular flexibility index (Phi) is 12.3. The number of methoxy groups -OCH3 is 3. The summed E-state index contributed by atoms with van der Waals surface area (Å²) >= 11 is 6.72. The molecule has 1 unspecified atom stereocenters. The molecule has 1 saturated heterocycles. The minimum atomic E-state index is -1.85. The topological polar surface area (TPSA) is 136 Å². The summed E-state index contributed by atoms with van der Waals surface area (Å²) in [5.74, 6) is -1.29. The SMILES string of the molecule is COc1cc2cc(c1Cl)N(C)C(=O)C[C@H](OC(=O)[C@H](C)N(C)C)[C@](C)(OC)C(C)[C@@H]1C[C@@](O)(NC(=O)O1)[C@H](OC)/C=C/C=C(\C)C2. The third kappa shape index (κ3) is 8.03. The van der Waals surface area contributed by atoms with Gasteiger partial charge in [0.15, 0.2) is 5.72 Å². The van der Waals surface area contributed by atoms with Gasteiger partial charge < -0.3 is 33.7 Å². The molecule has 2 amide bonds. The van der Waals surface area contributed by atoms with Gasteiger partial charge in [-0.05, 0) is 59.0 Å². The van der Waals surface area contributed by atoms with Gasteiger partial charge in [-0.2, -0.15) is 0 Å². The highest BCUT2D eigenvalue weighted by atomic mass is 35.5. The van der Waals surface area contributed by atoms with Crippen LogP contribution in [0.25, 0.3) is 0 Å². The van der Waals surface area contributed by atoms with E-state index in [-0.39, 0.29) is 17.9 Å². The summed E-state index contributed by atoms with van der Waals surface area (Å²) in [5, 5.41) is 14.5. The number of hydrogen-bond donors (Lipinski definition) is 2. The van der Waals surface area contributed by atoms with Crippen molar-refractivity contribution in [2.45, 2.75) is 82.6 Å². The van der Waals surface area contributed by atoms with Crippen LogP contribution in [0.5, 0.6) is 5.75 Å². The highest BCUT2D eigenvalue weighted by molar-refractivity contribution is 6.35. The number of benzene rings is 1. The van der Waals surface area contributed by atoms with Gasteiger partial charge >= 0.3 is 12.1 Å². The smallest absolute Gasteiger partial charge is 0.409 e. The van der Waals surface area contributed by atoms with E-state index < -0.39 is 59.6 Å². The lowest BCUT2D eigenvalue weighted by atomic mass is 9.77. The third-order valence-electron chi connectivity index (χ3n) is 9.27. The Morgan fingerprint density at radius 2 is 1.91 bits per heavy atom. The largest absolute Gasteiger partial charge is 0.495 e. The molecule has 0 aromatic heterocycles. The van der Waals surface area contributed by atoms with Gasteiger partial charge in [0.1, 0.15) is 40.7 Å². The fourth-order valence-electron chi connectivity index (χ4n) is 5.70. The zero-order chi connectivity index (χ0) is 34.6. The Balaban J connectivity index is 2.23. The summed E-state index contributed by atoms with van der Waals surface area (Å²) in [6.45, 7) is 7.06. The van der Waals surface area contributed by atoms with Gasteiger partial charge in [0.25, 0.3) is 0 Å². The lowest BCUT2D eigenvalue weighted by Crippen LogP contribution is -2.65. The number of ether oxygens (including phenoxy) is 5. The third-order valence-corrected chi connectivity index (χ3v) is 9.65. The fraction of sp³-hybridized carbons (Fsp3) is 0.606. The van der Waals surface area contributed by atoms with Crippen LogP contribution >= 0.6 is 11.6 Å². The highest BCUT2D eigenvalue weighted by Gasteiger charge is 2.53. The first-order valence-corrected chi connectivity index (χ1v) is 15.5. The second kappa shape index (κ2) is 15.2. The number of amides is 2. The molecule has 13 heteroatoms. The maximum Gasteiger partial charge on any atom is 0.409 e. The molecule has 0 saturated carbocycles. The molecule has 0 spiro atoms. The van der Waals surface area contributed by atoms with Gasteiger partial charge in [0.05, 0.1) is 19.2 Å². The summed E-state index contributed by atoms with van der Waals surface area (Å²) in [5.41, 5.74) is -1.03. The molecule has 0 aliphatic carbocycles. The van der Waals surface area contributed by atoms with Crippen molar-refractivity contribution in [3.8, 4) is 5.75 Å². The highest BCUT2D eigenvalue weighted by Crippen LogP contribution is 2.40. The number of nitrogens with zero attached hydrogens (tertiary/aromatic N) is 2. The van der Waals surface area contributed by atoms with Crippen molar-refractivity contribution in [3.63, 3.8) is 0 Å². The standard InChI is InChI=1S/C33H48ClN3O9/c1-19-12-11-13-26(43-9)33(41)18-25(45-31(40)35-33)20(2)32(4,44-10)27(46-30(39)21(3)36(5)6)17-28(38)37(7)23-15-22(14-19)16-24(42-8)29(23)34/h11-13,15-16,20-21,25-27,41H,14,17-18H2,1-10H3,(H,35,40)/b13-11+,19-12+/t20?,21-,25-,26+,27-,32+,33-/m0/s1. The van der Waals surface area contributed by atoms with E-state index in [2.05, 4.69) is 5.32 Å². The number of allylic oxidation sites excluding steroid dienone is 3. The zero-order valence-corrected chi connectivity index (χ0v) is 29.1. The molecule has 7 atom stereocenters. The summed E-state index contributed by atoms with van der Waals surface area (Å²) in [7, 11) is 9.43. The van der Waals surface area contributed by atoms with E-state index in [1.807, 2.05) is 19.1 Å². The van der Waals surface area contributed by atoms with Crippen LogP contribution < -0.4 is 15.0 Å². The summed E-state index contributed by atoms with van der Waals surface area (Å²) < 4.78 is 28.9. The average molecular weight is 666 g/mol.